The van der Waals surface area contributed by atoms with Crippen LogP contribution in [0, 0.1) is 0 Å². The maximum absolute atomic E-state index is 12.9. The van der Waals surface area contributed by atoms with E-state index in [1.54, 1.807) is 25.1 Å². The number of carbonyl (C=O) groups excluding carboxylic acids is 2. The van der Waals surface area contributed by atoms with Crippen molar-refractivity contribution in [1.29, 1.82) is 0 Å². The zero-order valence-electron chi connectivity index (χ0n) is 18.6. The number of benzene rings is 3. The molecule has 0 aromatic heterocycles. The van der Waals surface area contributed by atoms with Crippen LogP contribution in [0.1, 0.15) is 40.0 Å². The molecular weight excluding hydrogens is 400 g/mol. The molecule has 0 radical (unpaired) electrons. The molecule has 0 heterocycles. The number of nitrogens with zero attached hydrogens (tertiary/aromatic N) is 1. The molecule has 164 valence electrons. The highest BCUT2D eigenvalue weighted by atomic mass is 16.5. The summed E-state index contributed by atoms with van der Waals surface area (Å²) in [4.78, 5) is 26.5. The standard InChI is InChI=1S/C27H28N2O3/c1-4-32-25(30)19-12-20-10-13-21(14-11-20)26(22-15-17-24(18-16-22)29(2)3)28-27(31)23-8-6-5-7-9-23/h5-19,26H,4H2,1-3H3,(H,28,31)/b19-12+. The zero-order valence-corrected chi connectivity index (χ0v) is 18.6. The van der Waals surface area contributed by atoms with E-state index >= 15 is 0 Å². The summed E-state index contributed by atoms with van der Waals surface area (Å²) >= 11 is 0. The second kappa shape index (κ2) is 11.0. The average Bonchev–Trinajstić information content (AvgIpc) is 2.82. The Morgan fingerprint density at radius 3 is 2.06 bits per heavy atom. The maximum atomic E-state index is 12.9. The van der Waals surface area contributed by atoms with Crippen LogP contribution in [0.5, 0.6) is 0 Å². The van der Waals surface area contributed by atoms with Gasteiger partial charge in [0.1, 0.15) is 0 Å². The van der Waals surface area contributed by atoms with E-state index < -0.39 is 0 Å². The van der Waals surface area contributed by atoms with Crippen LogP contribution in [0.15, 0.2) is 84.9 Å². The molecule has 0 aliphatic carbocycles. The Morgan fingerprint density at radius 1 is 0.906 bits per heavy atom. The molecule has 1 atom stereocenters. The third kappa shape index (κ3) is 6.08. The van der Waals surface area contributed by atoms with Gasteiger partial charge in [-0.15, -0.1) is 0 Å². The van der Waals surface area contributed by atoms with Gasteiger partial charge < -0.3 is 15.0 Å². The molecule has 3 rings (SSSR count). The van der Waals surface area contributed by atoms with Gasteiger partial charge in [-0.2, -0.15) is 0 Å². The molecule has 1 amide bonds. The Bertz CT molecular complexity index is 1060. The molecule has 0 fully saturated rings. The average molecular weight is 429 g/mol. The lowest BCUT2D eigenvalue weighted by Gasteiger charge is -2.21. The van der Waals surface area contributed by atoms with Crippen molar-refractivity contribution in [3.05, 3.63) is 107 Å². The van der Waals surface area contributed by atoms with Gasteiger partial charge in [0.05, 0.1) is 12.6 Å². The molecule has 5 nitrogen and oxygen atoms in total. The van der Waals surface area contributed by atoms with Crippen molar-refractivity contribution >= 4 is 23.6 Å². The molecule has 0 aliphatic heterocycles. The Labute approximate surface area is 189 Å². The van der Waals surface area contributed by atoms with E-state index in [-0.39, 0.29) is 17.9 Å². The van der Waals surface area contributed by atoms with Crippen molar-refractivity contribution in [3.8, 4) is 0 Å². The first-order chi connectivity index (χ1) is 15.5. The first kappa shape index (κ1) is 22.8. The van der Waals surface area contributed by atoms with Crippen LogP contribution < -0.4 is 10.2 Å². The van der Waals surface area contributed by atoms with Crippen molar-refractivity contribution in [2.75, 3.05) is 25.6 Å². The number of anilines is 1. The maximum Gasteiger partial charge on any atom is 0.330 e. The molecule has 0 saturated heterocycles. The van der Waals surface area contributed by atoms with Crippen LogP contribution in [0.3, 0.4) is 0 Å². The fourth-order valence-electron chi connectivity index (χ4n) is 3.28. The van der Waals surface area contributed by atoms with E-state index in [4.69, 9.17) is 4.74 Å². The van der Waals surface area contributed by atoms with Gasteiger partial charge in [0.25, 0.3) is 5.91 Å². The van der Waals surface area contributed by atoms with Gasteiger partial charge >= 0.3 is 5.97 Å². The van der Waals surface area contributed by atoms with E-state index in [2.05, 4.69) is 5.32 Å². The van der Waals surface area contributed by atoms with Gasteiger partial charge in [-0.1, -0.05) is 54.6 Å². The second-order valence-corrected chi connectivity index (χ2v) is 7.51. The Kier molecular flexibility index (Phi) is 7.81. The minimum absolute atomic E-state index is 0.140. The third-order valence-corrected chi connectivity index (χ3v) is 5.02. The van der Waals surface area contributed by atoms with Crippen molar-refractivity contribution in [1.82, 2.24) is 5.32 Å². The summed E-state index contributed by atoms with van der Waals surface area (Å²) in [5.41, 5.74) is 4.49. The lowest BCUT2D eigenvalue weighted by Crippen LogP contribution is -2.29. The van der Waals surface area contributed by atoms with E-state index in [0.717, 1.165) is 22.4 Å². The van der Waals surface area contributed by atoms with Gasteiger partial charge in [0.2, 0.25) is 0 Å². The topological polar surface area (TPSA) is 58.6 Å². The van der Waals surface area contributed by atoms with Gasteiger partial charge in [-0.05, 0) is 54.0 Å². The molecule has 3 aromatic carbocycles. The highest BCUT2D eigenvalue weighted by Gasteiger charge is 2.18. The first-order valence-corrected chi connectivity index (χ1v) is 10.6. The Morgan fingerprint density at radius 2 is 1.50 bits per heavy atom. The molecule has 0 bridgehead atoms. The summed E-state index contributed by atoms with van der Waals surface area (Å²) in [6, 6.07) is 24.7. The largest absolute Gasteiger partial charge is 0.463 e. The highest BCUT2D eigenvalue weighted by molar-refractivity contribution is 5.94. The van der Waals surface area contributed by atoms with Gasteiger partial charge in [-0.3, -0.25) is 4.79 Å². The summed E-state index contributed by atoms with van der Waals surface area (Å²) in [5.74, 6) is -0.510. The van der Waals surface area contributed by atoms with Crippen molar-refractivity contribution < 1.29 is 14.3 Å². The third-order valence-electron chi connectivity index (χ3n) is 5.02. The van der Waals surface area contributed by atoms with Gasteiger partial charge in [-0.25, -0.2) is 4.79 Å². The molecule has 1 unspecified atom stereocenters. The zero-order chi connectivity index (χ0) is 22.9. The van der Waals surface area contributed by atoms with Crippen molar-refractivity contribution in [2.45, 2.75) is 13.0 Å². The summed E-state index contributed by atoms with van der Waals surface area (Å²) in [6.07, 6.45) is 3.12. The lowest BCUT2D eigenvalue weighted by molar-refractivity contribution is -0.137. The number of hydrogen-bond acceptors (Lipinski definition) is 4. The summed E-state index contributed by atoms with van der Waals surface area (Å²) < 4.78 is 4.92. The van der Waals surface area contributed by atoms with E-state index in [0.29, 0.717) is 12.2 Å². The van der Waals surface area contributed by atoms with Gasteiger partial charge in [0.15, 0.2) is 0 Å². The predicted molar refractivity (Wildman–Crippen MR) is 129 cm³/mol. The molecule has 1 N–H and O–H groups in total. The summed E-state index contributed by atoms with van der Waals surface area (Å²) in [6.45, 7) is 2.12. The SMILES string of the molecule is CCOC(=O)/C=C/c1ccc(C(NC(=O)c2ccccc2)c2ccc(N(C)C)cc2)cc1. The molecule has 32 heavy (non-hydrogen) atoms. The van der Waals surface area contributed by atoms with Crippen LogP contribution in [-0.2, 0) is 9.53 Å². The number of hydrogen-bond donors (Lipinski definition) is 1. The van der Waals surface area contributed by atoms with Gasteiger partial charge in [0, 0.05) is 31.4 Å². The first-order valence-electron chi connectivity index (χ1n) is 10.6. The fourth-order valence-corrected chi connectivity index (χ4v) is 3.28. The number of rotatable bonds is 8. The minimum Gasteiger partial charge on any atom is -0.463 e. The number of esters is 1. The Balaban J connectivity index is 1.88. The van der Waals surface area contributed by atoms with Crippen molar-refractivity contribution in [3.63, 3.8) is 0 Å². The summed E-state index contributed by atoms with van der Waals surface area (Å²) in [5, 5.41) is 3.16. The quantitative estimate of drug-likeness (QED) is 0.412. The summed E-state index contributed by atoms with van der Waals surface area (Å²) in [7, 11) is 3.98. The highest BCUT2D eigenvalue weighted by Crippen LogP contribution is 2.25. The monoisotopic (exact) mass is 428 g/mol. The minimum atomic E-state index is -0.370. The molecule has 3 aromatic rings. The molecule has 0 aliphatic rings. The number of amides is 1. The second-order valence-electron chi connectivity index (χ2n) is 7.51. The fraction of sp³-hybridized carbons (Fsp3) is 0.185. The van der Waals surface area contributed by atoms with Crippen LogP contribution in [0.25, 0.3) is 6.08 Å². The van der Waals surface area contributed by atoms with Crippen LogP contribution in [-0.4, -0.2) is 32.6 Å². The van der Waals surface area contributed by atoms with Crippen LogP contribution >= 0.6 is 0 Å². The molecule has 5 heteroatoms. The predicted octanol–water partition coefficient (Wildman–Crippen LogP) is 4.85. The molecular formula is C27H28N2O3. The lowest BCUT2D eigenvalue weighted by atomic mass is 9.96. The van der Waals surface area contributed by atoms with Crippen LogP contribution in [0.4, 0.5) is 5.69 Å². The number of carbonyl (C=O) groups is 2. The normalized spacial score (nSPS) is 11.7. The Hall–Kier alpha value is -3.86. The van der Waals surface area contributed by atoms with E-state index in [9.17, 15) is 9.59 Å². The number of ether oxygens (including phenoxy) is 1. The van der Waals surface area contributed by atoms with Crippen LogP contribution in [0.2, 0.25) is 0 Å². The van der Waals surface area contributed by atoms with Crippen molar-refractivity contribution in [2.24, 2.45) is 0 Å². The number of nitrogens with one attached hydrogen (secondary N) is 1. The molecule has 0 spiro atoms. The molecule has 0 saturated carbocycles. The smallest absolute Gasteiger partial charge is 0.330 e. The van der Waals surface area contributed by atoms with E-state index in [1.807, 2.05) is 85.7 Å². The van der Waals surface area contributed by atoms with E-state index in [1.165, 1.54) is 6.08 Å².